The molecule has 1 heterocycles. The Morgan fingerprint density at radius 3 is 2.64 bits per heavy atom. The fourth-order valence-electron chi connectivity index (χ4n) is 1.70. The number of thiophene rings is 1. The van der Waals surface area contributed by atoms with Gasteiger partial charge in [0.1, 0.15) is 17.4 Å². The standard InChI is InChI=1S/C16H13BrN2O2S/c1-2-21-13-5-3-12(4-6-13)19-16(20)11(10-18)9-14-7-8-15(17)22-14/h3-9H,2H2,1H3,(H,19,20)/b11-9-. The normalized spacial score (nSPS) is 10.9. The first-order chi connectivity index (χ1) is 10.6. The number of carbonyl (C=O) groups is 1. The molecule has 0 aliphatic rings. The van der Waals surface area contributed by atoms with Gasteiger partial charge in [-0.15, -0.1) is 11.3 Å². The third-order valence-corrected chi connectivity index (χ3v) is 4.24. The lowest BCUT2D eigenvalue weighted by Gasteiger charge is -2.06. The molecule has 0 fully saturated rings. The molecule has 1 amide bonds. The molecular weight excluding hydrogens is 364 g/mol. The third-order valence-electron chi connectivity index (χ3n) is 2.67. The third kappa shape index (κ3) is 4.45. The van der Waals surface area contributed by atoms with Gasteiger partial charge in [0.2, 0.25) is 0 Å². The molecule has 4 nitrogen and oxygen atoms in total. The van der Waals surface area contributed by atoms with E-state index in [1.54, 1.807) is 30.3 Å². The van der Waals surface area contributed by atoms with Crippen molar-refractivity contribution in [3.8, 4) is 11.8 Å². The molecule has 1 N–H and O–H groups in total. The highest BCUT2D eigenvalue weighted by molar-refractivity contribution is 9.11. The van der Waals surface area contributed by atoms with Crippen LogP contribution in [0.1, 0.15) is 11.8 Å². The maximum Gasteiger partial charge on any atom is 0.266 e. The number of halogens is 1. The zero-order chi connectivity index (χ0) is 15.9. The SMILES string of the molecule is CCOc1ccc(NC(=O)/C(C#N)=C\c2ccc(Br)s2)cc1. The molecule has 0 bridgehead atoms. The van der Waals surface area contributed by atoms with Crippen molar-refractivity contribution in [3.63, 3.8) is 0 Å². The van der Waals surface area contributed by atoms with Gasteiger partial charge in [0, 0.05) is 10.6 Å². The highest BCUT2D eigenvalue weighted by atomic mass is 79.9. The molecule has 0 spiro atoms. The predicted molar refractivity (Wildman–Crippen MR) is 91.8 cm³/mol. The van der Waals surface area contributed by atoms with E-state index in [9.17, 15) is 4.79 Å². The molecule has 1 aromatic heterocycles. The molecule has 0 unspecified atom stereocenters. The van der Waals surface area contributed by atoms with Crippen LogP contribution in [0.3, 0.4) is 0 Å². The minimum atomic E-state index is -0.434. The van der Waals surface area contributed by atoms with Crippen molar-refractivity contribution in [2.45, 2.75) is 6.92 Å². The van der Waals surface area contributed by atoms with Crippen LogP contribution in [0.25, 0.3) is 6.08 Å². The van der Waals surface area contributed by atoms with Crippen LogP contribution in [0.4, 0.5) is 5.69 Å². The van der Waals surface area contributed by atoms with E-state index >= 15 is 0 Å². The fourth-order valence-corrected chi connectivity index (χ4v) is 3.06. The Hall–Kier alpha value is -2.10. The number of carbonyl (C=O) groups excluding carboxylic acids is 1. The van der Waals surface area contributed by atoms with Gasteiger partial charge in [-0.05, 0) is 65.3 Å². The van der Waals surface area contributed by atoms with E-state index < -0.39 is 5.91 Å². The van der Waals surface area contributed by atoms with Gasteiger partial charge in [0.15, 0.2) is 0 Å². The van der Waals surface area contributed by atoms with E-state index in [1.165, 1.54) is 11.3 Å². The molecule has 0 atom stereocenters. The van der Waals surface area contributed by atoms with Crippen LogP contribution in [0.5, 0.6) is 5.75 Å². The van der Waals surface area contributed by atoms with Crippen LogP contribution in [0, 0.1) is 11.3 Å². The first-order valence-corrected chi connectivity index (χ1v) is 8.14. The van der Waals surface area contributed by atoms with Crippen molar-refractivity contribution in [3.05, 3.63) is 50.6 Å². The number of benzene rings is 1. The molecular formula is C16H13BrN2O2S. The smallest absolute Gasteiger partial charge is 0.266 e. The first-order valence-electron chi connectivity index (χ1n) is 6.53. The number of ether oxygens (including phenoxy) is 1. The van der Waals surface area contributed by atoms with E-state index in [0.717, 1.165) is 14.4 Å². The molecule has 0 saturated carbocycles. The van der Waals surface area contributed by atoms with E-state index in [0.29, 0.717) is 12.3 Å². The predicted octanol–water partition coefficient (Wildman–Crippen LogP) is 4.45. The summed E-state index contributed by atoms with van der Waals surface area (Å²) < 4.78 is 6.28. The van der Waals surface area contributed by atoms with Gasteiger partial charge < -0.3 is 10.1 Å². The molecule has 0 aliphatic heterocycles. The Morgan fingerprint density at radius 1 is 1.36 bits per heavy atom. The number of amides is 1. The Morgan fingerprint density at radius 2 is 2.09 bits per heavy atom. The van der Waals surface area contributed by atoms with Gasteiger partial charge in [-0.2, -0.15) is 5.26 Å². The van der Waals surface area contributed by atoms with Crippen LogP contribution in [-0.2, 0) is 4.79 Å². The number of rotatable bonds is 5. The number of hydrogen-bond acceptors (Lipinski definition) is 4. The van der Waals surface area contributed by atoms with Gasteiger partial charge in [0.25, 0.3) is 5.91 Å². The summed E-state index contributed by atoms with van der Waals surface area (Å²) in [5.74, 6) is 0.302. The van der Waals surface area contributed by atoms with E-state index in [4.69, 9.17) is 10.00 Å². The summed E-state index contributed by atoms with van der Waals surface area (Å²) >= 11 is 4.80. The summed E-state index contributed by atoms with van der Waals surface area (Å²) in [6.45, 7) is 2.49. The van der Waals surface area contributed by atoms with E-state index in [2.05, 4.69) is 21.2 Å². The summed E-state index contributed by atoms with van der Waals surface area (Å²) in [5.41, 5.74) is 0.671. The lowest BCUT2D eigenvalue weighted by atomic mass is 10.2. The Kier molecular flexibility index (Phi) is 5.75. The summed E-state index contributed by atoms with van der Waals surface area (Å²) in [4.78, 5) is 13.0. The molecule has 2 rings (SSSR count). The number of hydrogen-bond donors (Lipinski definition) is 1. The van der Waals surface area contributed by atoms with Gasteiger partial charge in [-0.3, -0.25) is 4.79 Å². The Labute approximate surface area is 141 Å². The van der Waals surface area contributed by atoms with Crippen molar-refractivity contribution in [2.24, 2.45) is 0 Å². The van der Waals surface area contributed by atoms with Crippen LogP contribution >= 0.6 is 27.3 Å². The second-order valence-corrected chi connectivity index (χ2v) is 6.72. The molecule has 6 heteroatoms. The van der Waals surface area contributed by atoms with Crippen molar-refractivity contribution in [2.75, 3.05) is 11.9 Å². The minimum absolute atomic E-state index is 0.0586. The highest BCUT2D eigenvalue weighted by Gasteiger charge is 2.10. The molecule has 2 aromatic rings. The zero-order valence-corrected chi connectivity index (χ0v) is 14.2. The molecule has 0 radical (unpaired) electrons. The highest BCUT2D eigenvalue weighted by Crippen LogP contribution is 2.24. The number of nitrogens with one attached hydrogen (secondary N) is 1. The van der Waals surface area contributed by atoms with E-state index in [1.807, 2.05) is 25.1 Å². The molecule has 1 aromatic carbocycles. The summed E-state index contributed by atoms with van der Waals surface area (Å²) in [5, 5.41) is 11.8. The van der Waals surface area contributed by atoms with Crippen LogP contribution in [-0.4, -0.2) is 12.5 Å². The lowest BCUT2D eigenvalue weighted by molar-refractivity contribution is -0.112. The quantitative estimate of drug-likeness (QED) is 0.618. The fraction of sp³-hybridized carbons (Fsp3) is 0.125. The van der Waals surface area contributed by atoms with Crippen molar-refractivity contribution in [1.29, 1.82) is 5.26 Å². The maximum atomic E-state index is 12.1. The Bertz CT molecular complexity index is 729. The van der Waals surface area contributed by atoms with Gasteiger partial charge in [-0.25, -0.2) is 0 Å². The van der Waals surface area contributed by atoms with E-state index in [-0.39, 0.29) is 5.57 Å². The summed E-state index contributed by atoms with van der Waals surface area (Å²) in [6.07, 6.45) is 1.57. The molecule has 22 heavy (non-hydrogen) atoms. The second-order valence-electron chi connectivity index (χ2n) is 4.22. The minimum Gasteiger partial charge on any atom is -0.494 e. The number of anilines is 1. The van der Waals surface area contributed by atoms with Gasteiger partial charge >= 0.3 is 0 Å². The monoisotopic (exact) mass is 376 g/mol. The summed E-state index contributed by atoms with van der Waals surface area (Å²) in [6, 6.07) is 12.7. The van der Waals surface area contributed by atoms with Gasteiger partial charge in [0.05, 0.1) is 10.4 Å². The summed E-state index contributed by atoms with van der Waals surface area (Å²) in [7, 11) is 0. The number of nitrogens with zero attached hydrogens (tertiary/aromatic N) is 1. The van der Waals surface area contributed by atoms with Crippen LogP contribution in [0.15, 0.2) is 45.8 Å². The average Bonchev–Trinajstić information content (AvgIpc) is 2.92. The molecule has 0 aliphatic carbocycles. The number of nitriles is 1. The maximum absolute atomic E-state index is 12.1. The zero-order valence-electron chi connectivity index (χ0n) is 11.8. The topological polar surface area (TPSA) is 62.1 Å². The first kappa shape index (κ1) is 16.3. The molecule has 112 valence electrons. The van der Waals surface area contributed by atoms with Crippen molar-refractivity contribution < 1.29 is 9.53 Å². The van der Waals surface area contributed by atoms with Crippen LogP contribution in [0.2, 0.25) is 0 Å². The van der Waals surface area contributed by atoms with Gasteiger partial charge in [-0.1, -0.05) is 0 Å². The second kappa shape index (κ2) is 7.78. The largest absolute Gasteiger partial charge is 0.494 e. The van der Waals surface area contributed by atoms with Crippen molar-refractivity contribution in [1.82, 2.24) is 0 Å². The molecule has 0 saturated heterocycles. The van der Waals surface area contributed by atoms with Crippen LogP contribution < -0.4 is 10.1 Å². The van der Waals surface area contributed by atoms with Crippen molar-refractivity contribution >= 4 is 44.9 Å². The lowest BCUT2D eigenvalue weighted by Crippen LogP contribution is -2.13. The average molecular weight is 377 g/mol. The Balaban J connectivity index is 2.09.